The summed E-state index contributed by atoms with van der Waals surface area (Å²) >= 11 is 0. The van der Waals surface area contributed by atoms with Gasteiger partial charge in [-0.15, -0.1) is 0 Å². The first-order chi connectivity index (χ1) is 69.2. The predicted molar refractivity (Wildman–Crippen MR) is 603 cm³/mol. The molecule has 0 N–H and O–H groups in total. The fourth-order valence-corrected chi connectivity index (χ4v) is 12.0. The van der Waals surface area contributed by atoms with Gasteiger partial charge in [-0.3, -0.25) is 96.6 Å². The largest absolute Gasteiger partial charge is 0.299 e. The molecule has 0 saturated heterocycles. The van der Waals surface area contributed by atoms with Gasteiger partial charge < -0.3 is 0 Å². The van der Waals surface area contributed by atoms with E-state index in [1.165, 1.54) is 42.0 Å². The quantitative estimate of drug-likeness (QED) is 0.0322. The third-order valence-corrected chi connectivity index (χ3v) is 22.5. The second-order valence-corrected chi connectivity index (χ2v) is 44.5. The van der Waals surface area contributed by atoms with Crippen molar-refractivity contribution >= 4 is 141 Å². The SMILES string of the molecule is C/C(=C\c1ccccc1)C(=O)CCC(=O)C(C)(C)C.C/C(=C\c1ccccn1)C(=O)CCC(=O)C(C)(C)C.CC(C)(C)C(=O)CCC(=O)/C=C/c1ccccc1F.CC(C)(C)C(=O)CCC(=O)/C=C/c1ccccn1.CC(C)(C)C(=O)CCC(=O)/C=C/c1cccnc1.CC(C)(C)C(=O)CCC(=O)/C=C/c1ccncc1.Cc1ccc(/C=C/C(=O)CCC(=O)C(C)(C)C)cc1.Cc1ccccc1/C=C/C(=O)CCC(=O)C(C)(C)C. The molecule has 0 atom stereocenters. The summed E-state index contributed by atoms with van der Waals surface area (Å²) in [5, 5.41) is 0. The minimum Gasteiger partial charge on any atom is -0.299 e. The van der Waals surface area contributed by atoms with Gasteiger partial charge >= 0.3 is 0 Å². The standard InChI is InChI=1S/3C17H22O2.C16H19FO2.C16H21NO2.3C15H19NO2/c1-13-5-7-14(8-6-13)9-10-15(18)11-12-16(19)17(2,3)4;1-13-7-5-6-8-14(13)9-10-15(18)11-12-16(19)17(2,3)4;1-13(12-14-8-6-5-7-9-14)15(18)10-11-16(19)17(2,3)4;1-16(2,3)15(19)11-10-13(18)9-8-12-6-4-5-7-14(12)17;1-12(11-13-7-5-6-10-17-13)14(18)8-9-15(19)16(2,3)4;1-15(2,3)14(18)7-6-13(17)5-4-12-8-10-16-11-9-12;1-15(2,3)14(18)9-8-13(17)7-6-12-5-4-10-16-11-12;1-15(2,3)14(18)10-9-13(17)8-7-12-6-4-5-11-16-12/h2*5-10H,11-12H2,1-4H3;5-9,12H,10-11H2,1-4H3;4-9H,10-11H2,1-3H3;5-7,10-11H,8-9H2,1-4H3;4-5,8-11H,6-7H2,1-3H3;4-7,10-11H,8-9H2,1-3H3;4-8,11H,9-10H2,1-3H3/b2*10-9+;13-12+;9-8+;12-11+;5-4+;7-6+;8-7+. The number of aryl methyl sites for hydroxylation is 2. The number of carbonyl (C=O) groups excluding carboxylic acids is 16. The Morgan fingerprint density at radius 1 is 0.242 bits per heavy atom. The first-order valence-electron chi connectivity index (χ1n) is 50.7. The number of benzene rings is 4. The molecule has 0 bridgehead atoms. The van der Waals surface area contributed by atoms with Crippen molar-refractivity contribution in [1.29, 1.82) is 0 Å². The summed E-state index contributed by atoms with van der Waals surface area (Å²) in [4.78, 5) is 203. The van der Waals surface area contributed by atoms with E-state index in [4.69, 9.17) is 0 Å². The topological polar surface area (TPSA) is 325 Å². The average Bonchev–Trinajstić information content (AvgIpc) is 0.964. The summed E-state index contributed by atoms with van der Waals surface area (Å²) in [5.41, 5.74) is 7.43. The molecule has 8 aromatic rings. The van der Waals surface area contributed by atoms with Crippen molar-refractivity contribution < 1.29 is 81.1 Å². The molecule has 0 aliphatic carbocycles. The van der Waals surface area contributed by atoms with Gasteiger partial charge in [0.2, 0.25) is 0 Å². The molecule has 798 valence electrons. The fraction of sp³-hybridized carbons (Fsp3) is 0.406. The van der Waals surface area contributed by atoms with E-state index in [0.717, 1.165) is 44.8 Å². The third-order valence-electron chi connectivity index (χ3n) is 22.5. The normalized spacial score (nSPS) is 11.9. The van der Waals surface area contributed by atoms with E-state index < -0.39 is 5.41 Å². The summed E-state index contributed by atoms with van der Waals surface area (Å²) in [6, 6.07) is 50.2. The molecular formula is C128H163FN4O16. The van der Waals surface area contributed by atoms with Gasteiger partial charge in [-0.1, -0.05) is 305 Å². The molecule has 0 fully saturated rings. The van der Waals surface area contributed by atoms with Crippen LogP contribution in [0.25, 0.3) is 48.6 Å². The van der Waals surface area contributed by atoms with Crippen LogP contribution in [0, 0.1) is 63.0 Å². The number of allylic oxidation sites excluding steroid dienone is 8. The average molecular weight is 2030 g/mol. The van der Waals surface area contributed by atoms with Gasteiger partial charge in [0, 0.05) is 189 Å². The molecule has 0 radical (unpaired) electrons. The summed E-state index contributed by atoms with van der Waals surface area (Å²) in [6.07, 6.45) is 37.4. The monoisotopic (exact) mass is 2030 g/mol. The molecule has 0 unspecified atom stereocenters. The maximum Gasteiger partial charge on any atom is 0.159 e. The number of hydrogen-bond donors (Lipinski definition) is 0. The van der Waals surface area contributed by atoms with Gasteiger partial charge in [0.1, 0.15) is 52.1 Å². The maximum absolute atomic E-state index is 13.3. The number of carbonyl (C=O) groups is 16. The molecule has 20 nitrogen and oxygen atoms in total. The van der Waals surface area contributed by atoms with E-state index in [0.29, 0.717) is 80.9 Å². The molecule has 4 heterocycles. The highest BCUT2D eigenvalue weighted by atomic mass is 19.1. The van der Waals surface area contributed by atoms with Crippen LogP contribution < -0.4 is 0 Å². The van der Waals surface area contributed by atoms with E-state index >= 15 is 0 Å². The predicted octanol–water partition coefficient (Wildman–Crippen LogP) is 28.4. The lowest BCUT2D eigenvalue weighted by Crippen LogP contribution is -2.20. The molecule has 8 rings (SSSR count). The maximum atomic E-state index is 13.3. The van der Waals surface area contributed by atoms with Crippen LogP contribution in [0.2, 0.25) is 0 Å². The Morgan fingerprint density at radius 3 is 0.866 bits per heavy atom. The van der Waals surface area contributed by atoms with Crippen molar-refractivity contribution in [2.24, 2.45) is 43.3 Å². The smallest absolute Gasteiger partial charge is 0.159 e. The van der Waals surface area contributed by atoms with Gasteiger partial charge in [0.25, 0.3) is 0 Å². The van der Waals surface area contributed by atoms with Crippen LogP contribution >= 0.6 is 0 Å². The second kappa shape index (κ2) is 67.1. The molecule has 0 amide bonds. The molecule has 0 saturated carbocycles. The zero-order valence-corrected chi connectivity index (χ0v) is 93.6. The lowest BCUT2D eigenvalue weighted by atomic mass is 9.87. The first kappa shape index (κ1) is 133. The molecule has 21 heteroatoms. The molecule has 0 aliphatic heterocycles. The van der Waals surface area contributed by atoms with Crippen LogP contribution in [0.4, 0.5) is 4.39 Å². The van der Waals surface area contributed by atoms with Crippen molar-refractivity contribution in [2.45, 2.75) is 297 Å². The number of pyridine rings is 4. The van der Waals surface area contributed by atoms with Gasteiger partial charge in [0.05, 0.1) is 11.4 Å². The number of rotatable bonds is 40. The molecule has 4 aromatic heterocycles. The highest BCUT2D eigenvalue weighted by Gasteiger charge is 2.28. The van der Waals surface area contributed by atoms with E-state index in [9.17, 15) is 81.1 Å². The van der Waals surface area contributed by atoms with Crippen LogP contribution in [0.15, 0.2) is 249 Å². The highest BCUT2D eigenvalue weighted by Crippen LogP contribution is 2.27. The number of Topliss-reactive ketones (excluding diaryl/α,β-unsaturated/α-hetero) is 10. The summed E-state index contributed by atoms with van der Waals surface area (Å²) in [5.74, 6) is 0.330. The zero-order valence-electron chi connectivity index (χ0n) is 93.6. The molecule has 4 aromatic carbocycles. The summed E-state index contributed by atoms with van der Waals surface area (Å²) < 4.78 is 13.3. The first-order valence-corrected chi connectivity index (χ1v) is 50.7. The third kappa shape index (κ3) is 63.4. The molecular weight excluding hydrogens is 1870 g/mol. The zero-order chi connectivity index (χ0) is 113. The van der Waals surface area contributed by atoms with Crippen molar-refractivity contribution in [3.8, 4) is 0 Å². The van der Waals surface area contributed by atoms with E-state index in [1.807, 2.05) is 332 Å². The van der Waals surface area contributed by atoms with Gasteiger partial charge in [-0.25, -0.2) is 4.39 Å². The van der Waals surface area contributed by atoms with Crippen molar-refractivity contribution in [1.82, 2.24) is 19.9 Å². The van der Waals surface area contributed by atoms with Crippen LogP contribution in [0.5, 0.6) is 0 Å². The lowest BCUT2D eigenvalue weighted by molar-refractivity contribution is -0.128. The highest BCUT2D eigenvalue weighted by molar-refractivity contribution is 6.04. The van der Waals surface area contributed by atoms with Crippen molar-refractivity contribution in [3.05, 3.63) is 310 Å². The second-order valence-electron chi connectivity index (χ2n) is 44.5. The van der Waals surface area contributed by atoms with Crippen LogP contribution in [0.1, 0.15) is 339 Å². The Bertz CT molecular complexity index is 5540. The number of nitrogens with zero attached hydrogens (tertiary/aromatic N) is 4. The minimum atomic E-state index is -0.421. The fourth-order valence-electron chi connectivity index (χ4n) is 12.0. The van der Waals surface area contributed by atoms with Crippen molar-refractivity contribution in [3.63, 3.8) is 0 Å². The summed E-state index contributed by atoms with van der Waals surface area (Å²) in [6.45, 7) is 52.4. The Kier molecular flexibility index (Phi) is 59.9. The number of hydrogen-bond acceptors (Lipinski definition) is 20. The van der Waals surface area contributed by atoms with Crippen LogP contribution in [-0.4, -0.2) is 112 Å². The number of ketones is 16. The molecule has 0 aliphatic rings. The molecule has 0 spiro atoms. The summed E-state index contributed by atoms with van der Waals surface area (Å²) in [7, 11) is 0. The van der Waals surface area contributed by atoms with Gasteiger partial charge in [-0.05, 0) is 188 Å². The Labute approximate surface area is 887 Å². The Hall–Kier alpha value is -14.0. The van der Waals surface area contributed by atoms with Crippen molar-refractivity contribution in [2.75, 3.05) is 0 Å². The number of halogens is 1. The lowest BCUT2D eigenvalue weighted by Gasteiger charge is -2.15. The van der Waals surface area contributed by atoms with E-state index in [2.05, 4.69) is 19.9 Å². The van der Waals surface area contributed by atoms with Gasteiger partial charge in [0.15, 0.2) is 46.3 Å². The van der Waals surface area contributed by atoms with Crippen LogP contribution in [0.3, 0.4) is 0 Å². The van der Waals surface area contributed by atoms with Crippen LogP contribution in [-0.2, 0) is 76.7 Å². The minimum absolute atomic E-state index is 0.000790. The molecule has 149 heavy (non-hydrogen) atoms. The number of aromatic nitrogens is 4. The van der Waals surface area contributed by atoms with E-state index in [1.54, 1.807) is 112 Å². The Balaban J connectivity index is 0.000000852. The van der Waals surface area contributed by atoms with Gasteiger partial charge in [-0.2, -0.15) is 0 Å². The van der Waals surface area contributed by atoms with E-state index in [-0.39, 0.29) is 175 Å². The Morgan fingerprint density at radius 2 is 0.530 bits per heavy atom.